The number of benzene rings is 10. The molecule has 6 unspecified atom stereocenters. The average molecular weight is 2180 g/mol. The van der Waals surface area contributed by atoms with E-state index >= 15 is 0 Å². The lowest BCUT2D eigenvalue weighted by Crippen LogP contribution is -2.17. The Kier molecular flexibility index (Phi) is 33.9. The summed E-state index contributed by atoms with van der Waals surface area (Å²) < 4.78 is 226. The molecule has 0 saturated carbocycles. The molecule has 6 atom stereocenters. The number of aromatic nitrogens is 1. The van der Waals surface area contributed by atoms with Crippen molar-refractivity contribution in [2.45, 2.75) is 71.1 Å². The van der Waals surface area contributed by atoms with Crippen molar-refractivity contribution in [2.24, 2.45) is 34.4 Å². The molecule has 9 heterocycles. The molecule has 6 aliphatic rings. The Morgan fingerprint density at radius 1 is 0.306 bits per heavy atom. The number of carbonyl (C=O) groups is 6. The van der Waals surface area contributed by atoms with Crippen molar-refractivity contribution >= 4 is 140 Å². The smallest absolute Gasteiger partial charge is 0.313 e. The van der Waals surface area contributed by atoms with Crippen LogP contribution in [0.15, 0.2) is 395 Å². The third-order valence-electron chi connectivity index (χ3n) is 20.7. The van der Waals surface area contributed by atoms with Crippen molar-refractivity contribution in [3.63, 3.8) is 0 Å². The number of thiophene rings is 1. The molecule has 38 nitrogen and oxygen atoms in total. The zero-order chi connectivity index (χ0) is 105. The van der Waals surface area contributed by atoms with Crippen LogP contribution >= 0.6 is 34.3 Å². The van der Waals surface area contributed by atoms with E-state index in [1.807, 2.05) is 30.3 Å². The van der Waals surface area contributed by atoms with Gasteiger partial charge < -0.3 is 92.3 Å². The number of carbonyl (C=O) groups excluding carboxylic acids is 6. The minimum absolute atomic E-state index is 0.162. The largest absolute Gasteiger partial charge is 0.465 e. The molecule has 10 aromatic carbocycles. The van der Waals surface area contributed by atoms with Gasteiger partial charge in [-0.05, 0) is 85.9 Å². The molecule has 762 valence electrons. The van der Waals surface area contributed by atoms with Crippen molar-refractivity contribution in [3.8, 4) is 0 Å². The number of nitrogens with two attached hydrogens (primary N) is 6. The number of ketones is 6. The maximum absolute atomic E-state index is 14.0. The lowest BCUT2D eigenvalue weighted by molar-refractivity contribution is -0.124. The second-order valence-corrected chi connectivity index (χ2v) is 43.3. The van der Waals surface area contributed by atoms with Crippen LogP contribution < -0.4 is 34.4 Å². The molecule has 12 N–H and O–H groups in total. The first-order valence-corrected chi connectivity index (χ1v) is 54.6. The molecule has 147 heavy (non-hydrogen) atoms. The summed E-state index contributed by atoms with van der Waals surface area (Å²) in [4.78, 5) is 79.1. The summed E-state index contributed by atoms with van der Waals surface area (Å²) in [6, 6.07) is 82.5. The van der Waals surface area contributed by atoms with Gasteiger partial charge in [0.15, 0.2) is 24.1 Å². The summed E-state index contributed by atoms with van der Waals surface area (Å²) in [5, 5.41) is 5.78. The fourth-order valence-corrected chi connectivity index (χ4v) is 22.2. The van der Waals surface area contributed by atoms with Gasteiger partial charge in [-0.25, -0.2) is 9.37 Å². The van der Waals surface area contributed by atoms with E-state index in [-0.39, 0.29) is 74.5 Å². The number of furan rings is 1. The van der Waals surface area contributed by atoms with Gasteiger partial charge in [-0.2, -0.15) is 50.5 Å². The first kappa shape index (κ1) is 107. The highest BCUT2D eigenvalue weighted by Crippen LogP contribution is 2.42. The third kappa shape index (κ3) is 28.1. The van der Waals surface area contributed by atoms with E-state index in [2.05, 4.69) is 4.98 Å². The molecule has 3 aromatic heterocycles. The van der Waals surface area contributed by atoms with Crippen LogP contribution in [0.1, 0.15) is 102 Å². The van der Waals surface area contributed by atoms with Gasteiger partial charge in [-0.1, -0.05) is 272 Å². The molecule has 19 rings (SSSR count). The van der Waals surface area contributed by atoms with Crippen LogP contribution in [0.25, 0.3) is 10.8 Å². The lowest BCUT2D eigenvalue weighted by Gasteiger charge is -2.13. The van der Waals surface area contributed by atoms with E-state index in [1.54, 1.807) is 253 Å². The number of Topliss-reactive ketones (excluding diaryl/α,β-unsaturated/α-hetero) is 6. The molecule has 0 bridgehead atoms. The van der Waals surface area contributed by atoms with Crippen molar-refractivity contribution in [1.29, 1.82) is 0 Å². The van der Waals surface area contributed by atoms with Crippen LogP contribution in [-0.4, -0.2) is 90.2 Å². The maximum Gasteiger partial charge on any atom is 0.313 e. The first-order valence-electron chi connectivity index (χ1n) is 43.0. The zero-order valence-electron chi connectivity index (χ0n) is 75.9. The summed E-state index contributed by atoms with van der Waals surface area (Å²) in [5.74, 6) is -12.3. The molecule has 0 radical (unpaired) electrons. The Morgan fingerprint density at radius 2 is 0.619 bits per heavy atom. The Balaban J connectivity index is 0.000000140. The van der Waals surface area contributed by atoms with E-state index in [1.165, 1.54) is 53.3 Å². The standard InChI is InChI=1S/C21H17NO5S.C17H13ClFNO5S.C17H15NO5S.C15H13NO6S.C15H13NO5S2.C14H12N2O5S2/c22-21-20(27-28(24,25)13-14-7-2-1-3-8-14)18(23)19(26-21)17-12-6-10-15-9-4-5-11-16(15)17;18-11-6-7-13(19)12(8-11)15-14(21)16(17(20)24-15)25-26(22,23)9-10-4-2-1-3-5-10;18-17-16(14(19)15(22-17)13-9-5-2-6-10-13)23-24(20,21)11-12-7-3-1-4-8-12;16-15-14(12(17)13(21-15)11-7-4-8-20-11)22-23(18,19)9-10-5-2-1-3-6-10;16-15-14(12(17)13(20-15)11-7-4-8-22-11)21-23(18,19)9-10-5-2-1-3-6-10;15-13-11(10(17)12(20-13)14-16-6-7-22-14)21-23(18,19)8-9-4-2-1-3-5-9/h1-12,19H,13,22H2;1-8,15H,9,20H2;1-10,15H,11,18H2;2*1-8,13H,9,16H2;1-7,12H,8,15H2. The Bertz CT molecular complexity index is 7660. The van der Waals surface area contributed by atoms with E-state index in [0.29, 0.717) is 54.4 Å². The molecule has 0 amide bonds. The molecular weight excluding hydrogens is 2090 g/mol. The minimum atomic E-state index is -4.17. The summed E-state index contributed by atoms with van der Waals surface area (Å²) in [7, 11) is -24.4. The molecule has 48 heteroatoms. The average Bonchev–Trinajstić information content (AvgIpc) is 1.65. The second kappa shape index (κ2) is 46.7. The molecule has 0 spiro atoms. The number of halogens is 2. The number of thiazole rings is 1. The lowest BCUT2D eigenvalue weighted by atomic mass is 9.98. The van der Waals surface area contributed by atoms with Gasteiger partial charge in [0.1, 0.15) is 45.3 Å². The highest BCUT2D eigenvalue weighted by molar-refractivity contribution is 7.87. The maximum atomic E-state index is 14.0. The quantitative estimate of drug-likeness (QED) is 0.0228. The Morgan fingerprint density at radius 3 is 0.980 bits per heavy atom. The molecule has 0 aliphatic carbocycles. The molecule has 0 saturated heterocycles. The Hall–Kier alpha value is -16.2. The number of nitrogens with zero attached hydrogens (tertiary/aromatic N) is 1. The van der Waals surface area contributed by atoms with Crippen LogP contribution in [0.4, 0.5) is 4.39 Å². The molecule has 13 aromatic rings. The highest BCUT2D eigenvalue weighted by Gasteiger charge is 2.47. The summed E-state index contributed by atoms with van der Waals surface area (Å²) in [6.45, 7) is 0. The van der Waals surface area contributed by atoms with Gasteiger partial charge in [0.05, 0.1) is 11.1 Å². The Labute approximate surface area is 853 Å². The van der Waals surface area contributed by atoms with Crippen molar-refractivity contribution < 1.29 is 142 Å². The van der Waals surface area contributed by atoms with Crippen molar-refractivity contribution in [1.82, 2.24) is 4.98 Å². The fourth-order valence-electron chi connectivity index (χ4n) is 14.2. The summed E-state index contributed by atoms with van der Waals surface area (Å²) in [6.07, 6.45) is -3.76. The fraction of sp³-hybridized carbons (Fsp3) is 0.121. The molecule has 0 fully saturated rings. The van der Waals surface area contributed by atoms with Crippen LogP contribution in [0.3, 0.4) is 0 Å². The second-order valence-electron chi connectivity index (χ2n) is 31.5. The van der Waals surface area contributed by atoms with Gasteiger partial charge >= 0.3 is 60.7 Å². The van der Waals surface area contributed by atoms with Gasteiger partial charge in [0.25, 0.3) is 17.3 Å². The van der Waals surface area contributed by atoms with Gasteiger partial charge in [-0.3, -0.25) is 28.8 Å². The van der Waals surface area contributed by atoms with Crippen molar-refractivity contribution in [2.75, 3.05) is 0 Å². The monoisotopic (exact) mass is 2180 g/mol. The van der Waals surface area contributed by atoms with E-state index in [4.69, 9.17) is 104 Å². The third-order valence-corrected chi connectivity index (χ3v) is 29.3. The van der Waals surface area contributed by atoms with Gasteiger partial charge in [0, 0.05) is 33.3 Å². The van der Waals surface area contributed by atoms with Gasteiger partial charge in [-0.15, -0.1) is 22.7 Å². The van der Waals surface area contributed by atoms with Crippen LogP contribution in [0.2, 0.25) is 5.02 Å². The number of hydrogen-bond donors (Lipinski definition) is 6. The highest BCUT2D eigenvalue weighted by atomic mass is 35.5. The normalized spacial score (nSPS) is 17.7. The molecule has 6 aliphatic heterocycles. The predicted molar refractivity (Wildman–Crippen MR) is 528 cm³/mol. The first-order chi connectivity index (χ1) is 70.1. The van der Waals surface area contributed by atoms with Gasteiger partial charge in [0.2, 0.25) is 106 Å². The van der Waals surface area contributed by atoms with Crippen LogP contribution in [0, 0.1) is 5.82 Å². The number of ether oxygens (including phenoxy) is 6. The summed E-state index contributed by atoms with van der Waals surface area (Å²) >= 11 is 8.33. The topological polar surface area (TPSA) is 600 Å². The minimum Gasteiger partial charge on any atom is -0.465 e. The number of hydrogen-bond acceptors (Lipinski definition) is 40. The van der Waals surface area contributed by atoms with E-state index in [0.717, 1.165) is 16.8 Å². The molecular formula is C99H83ClFN7O31S8. The summed E-state index contributed by atoms with van der Waals surface area (Å²) in [5.41, 5.74) is 38.0. The van der Waals surface area contributed by atoms with E-state index < -0.39 is 184 Å². The van der Waals surface area contributed by atoms with E-state index in [9.17, 15) is 83.7 Å². The van der Waals surface area contributed by atoms with Crippen LogP contribution in [-0.2, 0) is 178 Å². The SMILES string of the molecule is NC1=C(OS(=O)(=O)Cc2ccccc2)C(=O)C(c2cc(Cl)ccc2F)O1.NC1=C(OS(=O)(=O)Cc2ccccc2)C(=O)C(c2cccc3ccccc23)O1.NC1=C(OS(=O)(=O)Cc2ccccc2)C(=O)C(c2ccccc2)O1.NC1=C(OS(=O)(=O)Cc2ccccc2)C(=O)C(c2ccco2)O1.NC1=C(OS(=O)(=O)Cc2ccccc2)C(=O)C(c2cccs2)O1.NC1=C(OS(=O)(=O)Cc2ccccc2)C(=O)C(c2nccs2)O1. The number of fused-ring (bicyclic) bond motifs is 1. The zero-order valence-corrected chi connectivity index (χ0v) is 83.2. The van der Waals surface area contributed by atoms with Crippen molar-refractivity contribution in [3.05, 3.63) is 467 Å². The van der Waals surface area contributed by atoms with Crippen LogP contribution in [0.5, 0.6) is 0 Å². The number of rotatable bonds is 30. The predicted octanol–water partition coefficient (Wildman–Crippen LogP) is 13.1.